The average molecular weight is 279 g/mol. The average Bonchev–Trinajstić information content (AvgIpc) is 3.02. The largest absolute Gasteiger partial charge is 0.304 e. The van der Waals surface area contributed by atoms with E-state index in [1.165, 1.54) is 30.6 Å². The van der Waals surface area contributed by atoms with Gasteiger partial charge in [0.2, 0.25) is 11.8 Å². The second-order valence-electron chi connectivity index (χ2n) is 6.80. The number of nitrogens with one attached hydrogen (secondary N) is 1. The van der Waals surface area contributed by atoms with Crippen LogP contribution >= 0.6 is 0 Å². The standard InChI is InChI=1S/C15H25N3O2/c1-17(2)15(7-3-4-8-15)10-16-12-9-13(19)18(14(12)20)11-5-6-11/h11-12,16H,3-10H2,1-2H3. The number of nitrogens with zero attached hydrogens (tertiary/aromatic N) is 2. The second-order valence-corrected chi connectivity index (χ2v) is 6.80. The Morgan fingerprint density at radius 3 is 2.45 bits per heavy atom. The van der Waals surface area contributed by atoms with E-state index < -0.39 is 0 Å². The van der Waals surface area contributed by atoms with Crippen molar-refractivity contribution >= 4 is 11.8 Å². The van der Waals surface area contributed by atoms with E-state index in [4.69, 9.17) is 0 Å². The van der Waals surface area contributed by atoms with Gasteiger partial charge in [-0.25, -0.2) is 0 Å². The highest BCUT2D eigenvalue weighted by atomic mass is 16.2. The number of likely N-dealkylation sites (N-methyl/N-ethyl adjacent to an activating group) is 1. The Labute approximate surface area is 120 Å². The van der Waals surface area contributed by atoms with Crippen LogP contribution in [-0.2, 0) is 9.59 Å². The lowest BCUT2D eigenvalue weighted by atomic mass is 9.95. The van der Waals surface area contributed by atoms with E-state index >= 15 is 0 Å². The molecule has 1 heterocycles. The first kappa shape index (κ1) is 14.0. The lowest BCUT2D eigenvalue weighted by Crippen LogP contribution is -2.53. The molecule has 2 amide bonds. The highest BCUT2D eigenvalue weighted by Gasteiger charge is 2.47. The maximum atomic E-state index is 12.3. The fourth-order valence-corrected chi connectivity index (χ4v) is 3.66. The van der Waals surface area contributed by atoms with Gasteiger partial charge in [0.25, 0.3) is 0 Å². The Kier molecular flexibility index (Phi) is 3.58. The number of hydrogen-bond acceptors (Lipinski definition) is 4. The molecule has 1 unspecified atom stereocenters. The zero-order chi connectivity index (χ0) is 14.3. The molecule has 2 saturated carbocycles. The van der Waals surface area contributed by atoms with Gasteiger partial charge >= 0.3 is 0 Å². The molecule has 2 aliphatic carbocycles. The molecular weight excluding hydrogens is 254 g/mol. The Morgan fingerprint density at radius 1 is 1.25 bits per heavy atom. The Bertz CT molecular complexity index is 411. The van der Waals surface area contributed by atoms with Gasteiger partial charge in [-0.3, -0.25) is 14.5 Å². The molecule has 5 nitrogen and oxygen atoms in total. The van der Waals surface area contributed by atoms with Crippen molar-refractivity contribution in [3.63, 3.8) is 0 Å². The van der Waals surface area contributed by atoms with E-state index in [1.54, 1.807) is 0 Å². The summed E-state index contributed by atoms with van der Waals surface area (Å²) >= 11 is 0. The third-order valence-electron chi connectivity index (χ3n) is 5.26. The lowest BCUT2D eigenvalue weighted by molar-refractivity contribution is -0.139. The predicted octanol–water partition coefficient (Wildman–Crippen LogP) is 0.740. The number of rotatable bonds is 5. The van der Waals surface area contributed by atoms with Crippen molar-refractivity contribution < 1.29 is 9.59 Å². The summed E-state index contributed by atoms with van der Waals surface area (Å²) in [6, 6.07) is -0.0865. The van der Waals surface area contributed by atoms with Crippen molar-refractivity contribution in [3.05, 3.63) is 0 Å². The van der Waals surface area contributed by atoms with E-state index in [1.807, 2.05) is 0 Å². The summed E-state index contributed by atoms with van der Waals surface area (Å²) < 4.78 is 0. The van der Waals surface area contributed by atoms with E-state index in [0.717, 1.165) is 19.4 Å². The van der Waals surface area contributed by atoms with Crippen LogP contribution in [0.3, 0.4) is 0 Å². The van der Waals surface area contributed by atoms with Gasteiger partial charge in [0.15, 0.2) is 0 Å². The number of carbonyl (C=O) groups is 2. The minimum absolute atomic E-state index is 0.00408. The van der Waals surface area contributed by atoms with Gasteiger partial charge in [-0.1, -0.05) is 12.8 Å². The number of amides is 2. The summed E-state index contributed by atoms with van der Waals surface area (Å²) in [7, 11) is 4.23. The maximum Gasteiger partial charge on any atom is 0.247 e. The summed E-state index contributed by atoms with van der Waals surface area (Å²) in [5.41, 5.74) is 0.163. The van der Waals surface area contributed by atoms with Crippen LogP contribution in [-0.4, -0.2) is 59.9 Å². The molecule has 0 aromatic carbocycles. The number of likely N-dealkylation sites (tertiary alicyclic amines) is 1. The quantitative estimate of drug-likeness (QED) is 0.754. The smallest absolute Gasteiger partial charge is 0.247 e. The minimum atomic E-state index is -0.291. The van der Waals surface area contributed by atoms with Crippen molar-refractivity contribution in [2.45, 2.75) is 62.6 Å². The molecule has 0 radical (unpaired) electrons. The number of carbonyl (C=O) groups excluding carboxylic acids is 2. The topological polar surface area (TPSA) is 52.7 Å². The third kappa shape index (κ3) is 2.37. The summed E-state index contributed by atoms with van der Waals surface area (Å²) in [6.07, 6.45) is 7.19. The Hall–Kier alpha value is -0.940. The molecular formula is C15H25N3O2. The van der Waals surface area contributed by atoms with Gasteiger partial charge in [0, 0.05) is 18.1 Å². The predicted molar refractivity (Wildman–Crippen MR) is 76.2 cm³/mol. The highest BCUT2D eigenvalue weighted by Crippen LogP contribution is 2.34. The minimum Gasteiger partial charge on any atom is -0.304 e. The molecule has 0 spiro atoms. The SMILES string of the molecule is CN(C)C1(CNC2CC(=O)N(C3CC3)C2=O)CCCC1. The van der Waals surface area contributed by atoms with Crippen LogP contribution in [0, 0.1) is 0 Å². The van der Waals surface area contributed by atoms with E-state index in [2.05, 4.69) is 24.3 Å². The monoisotopic (exact) mass is 279 g/mol. The molecule has 0 aromatic rings. The molecule has 1 N–H and O–H groups in total. The van der Waals surface area contributed by atoms with Gasteiger partial charge in [-0.05, 0) is 39.8 Å². The maximum absolute atomic E-state index is 12.3. The van der Waals surface area contributed by atoms with Crippen molar-refractivity contribution in [1.82, 2.24) is 15.1 Å². The van der Waals surface area contributed by atoms with Crippen molar-refractivity contribution in [3.8, 4) is 0 Å². The molecule has 0 bridgehead atoms. The lowest BCUT2D eigenvalue weighted by Gasteiger charge is -2.37. The van der Waals surface area contributed by atoms with Crippen LogP contribution in [0.2, 0.25) is 0 Å². The van der Waals surface area contributed by atoms with Gasteiger partial charge < -0.3 is 10.2 Å². The van der Waals surface area contributed by atoms with Gasteiger partial charge in [0.1, 0.15) is 0 Å². The van der Waals surface area contributed by atoms with Crippen LogP contribution in [0.15, 0.2) is 0 Å². The van der Waals surface area contributed by atoms with Gasteiger partial charge in [-0.2, -0.15) is 0 Å². The molecule has 1 aliphatic heterocycles. The summed E-state index contributed by atoms with van der Waals surface area (Å²) in [5.74, 6) is 0.0183. The van der Waals surface area contributed by atoms with Crippen molar-refractivity contribution in [2.24, 2.45) is 0 Å². The van der Waals surface area contributed by atoms with E-state index in [-0.39, 0.29) is 29.4 Å². The van der Waals surface area contributed by atoms with Crippen LogP contribution < -0.4 is 5.32 Å². The molecule has 3 fully saturated rings. The number of imide groups is 1. The molecule has 0 aromatic heterocycles. The molecule has 3 rings (SSSR count). The highest BCUT2D eigenvalue weighted by molar-refractivity contribution is 6.06. The zero-order valence-corrected chi connectivity index (χ0v) is 12.5. The van der Waals surface area contributed by atoms with Crippen LogP contribution in [0.25, 0.3) is 0 Å². The van der Waals surface area contributed by atoms with Gasteiger partial charge in [0.05, 0.1) is 12.5 Å². The third-order valence-corrected chi connectivity index (χ3v) is 5.26. The summed E-state index contributed by atoms with van der Waals surface area (Å²) in [4.78, 5) is 28.0. The fourth-order valence-electron chi connectivity index (χ4n) is 3.66. The normalized spacial score (nSPS) is 29.8. The zero-order valence-electron chi connectivity index (χ0n) is 12.5. The Morgan fingerprint density at radius 2 is 1.90 bits per heavy atom. The Balaban J connectivity index is 1.61. The van der Waals surface area contributed by atoms with E-state index in [9.17, 15) is 9.59 Å². The fraction of sp³-hybridized carbons (Fsp3) is 0.867. The number of hydrogen-bond donors (Lipinski definition) is 1. The van der Waals surface area contributed by atoms with Crippen molar-refractivity contribution in [1.29, 1.82) is 0 Å². The first-order chi connectivity index (χ1) is 9.53. The van der Waals surface area contributed by atoms with Crippen LogP contribution in [0.5, 0.6) is 0 Å². The van der Waals surface area contributed by atoms with E-state index in [0.29, 0.717) is 6.42 Å². The summed E-state index contributed by atoms with van der Waals surface area (Å²) in [6.45, 7) is 0.808. The van der Waals surface area contributed by atoms with Crippen LogP contribution in [0.1, 0.15) is 44.9 Å². The molecule has 1 saturated heterocycles. The van der Waals surface area contributed by atoms with Crippen LogP contribution in [0.4, 0.5) is 0 Å². The molecule has 20 heavy (non-hydrogen) atoms. The molecule has 1 atom stereocenters. The molecule has 3 aliphatic rings. The second kappa shape index (κ2) is 5.11. The molecule has 5 heteroatoms. The molecule has 112 valence electrons. The van der Waals surface area contributed by atoms with Gasteiger partial charge in [-0.15, -0.1) is 0 Å². The van der Waals surface area contributed by atoms with Crippen molar-refractivity contribution in [2.75, 3.05) is 20.6 Å². The summed E-state index contributed by atoms with van der Waals surface area (Å²) in [5, 5.41) is 3.38. The first-order valence-corrected chi connectivity index (χ1v) is 7.80. The first-order valence-electron chi connectivity index (χ1n) is 7.80.